The maximum atomic E-state index is 11.9. The molecule has 0 saturated carbocycles. The Balaban J connectivity index is 2.71. The Labute approximate surface area is 119 Å². The van der Waals surface area contributed by atoms with Gasteiger partial charge in [-0.25, -0.2) is 0 Å². The van der Waals surface area contributed by atoms with E-state index in [1.807, 2.05) is 0 Å². The Morgan fingerprint density at radius 1 is 1.22 bits per heavy atom. The molecule has 0 spiro atoms. The fourth-order valence-corrected chi connectivity index (χ4v) is 2.15. The number of esters is 1. The van der Waals surface area contributed by atoms with Crippen molar-refractivity contribution in [3.63, 3.8) is 0 Å². The van der Waals surface area contributed by atoms with Crippen molar-refractivity contribution >= 4 is 52.5 Å². The topological polar surface area (TPSA) is 26.3 Å². The molecule has 1 aromatic carbocycles. The highest BCUT2D eigenvalue weighted by atomic mass is 35.5. The van der Waals surface area contributed by atoms with Gasteiger partial charge in [-0.1, -0.05) is 34.8 Å². The molecule has 0 bridgehead atoms. The van der Waals surface area contributed by atoms with Crippen molar-refractivity contribution in [3.8, 4) is 5.75 Å². The molecular formula is C9H4Cl3F3O2S. The Kier molecular flexibility index (Phi) is 5.46. The third kappa shape index (κ3) is 5.14. The third-order valence-electron chi connectivity index (χ3n) is 1.53. The number of alkyl halides is 3. The van der Waals surface area contributed by atoms with Gasteiger partial charge in [0, 0.05) is 5.02 Å². The van der Waals surface area contributed by atoms with E-state index in [1.54, 1.807) is 0 Å². The molecule has 2 nitrogen and oxygen atoms in total. The quantitative estimate of drug-likeness (QED) is 0.584. The van der Waals surface area contributed by atoms with Gasteiger partial charge < -0.3 is 4.74 Å². The minimum absolute atomic E-state index is 0.0575. The normalized spacial score (nSPS) is 11.4. The molecule has 0 fully saturated rings. The van der Waals surface area contributed by atoms with Crippen molar-refractivity contribution in [3.05, 3.63) is 27.2 Å². The number of thioether (sulfide) groups is 1. The van der Waals surface area contributed by atoms with Gasteiger partial charge in [0.05, 0.1) is 10.0 Å². The van der Waals surface area contributed by atoms with Crippen molar-refractivity contribution in [1.29, 1.82) is 0 Å². The molecule has 18 heavy (non-hydrogen) atoms. The first-order chi connectivity index (χ1) is 8.19. The Morgan fingerprint density at radius 3 is 2.17 bits per heavy atom. The lowest BCUT2D eigenvalue weighted by Gasteiger charge is -2.09. The predicted octanol–water partition coefficient (Wildman–Crippen LogP) is 4.81. The second kappa shape index (κ2) is 6.23. The first kappa shape index (κ1) is 15.8. The van der Waals surface area contributed by atoms with Gasteiger partial charge in [-0.3, -0.25) is 4.79 Å². The maximum absolute atomic E-state index is 11.9. The molecule has 0 heterocycles. The standard InChI is InChI=1S/C9H4Cl3F3O2S/c10-4-1-5(11)8(6(12)2-4)17-7(16)3-18-9(13,14)15/h1-2H,3H2. The first-order valence-electron chi connectivity index (χ1n) is 4.25. The summed E-state index contributed by atoms with van der Waals surface area (Å²) in [5.74, 6) is -2.21. The van der Waals surface area contributed by atoms with E-state index in [-0.39, 0.29) is 20.8 Å². The second-order valence-corrected chi connectivity index (χ2v) is 5.20. The lowest BCUT2D eigenvalue weighted by atomic mass is 10.3. The van der Waals surface area contributed by atoms with Crippen LogP contribution in [0.25, 0.3) is 0 Å². The number of carbonyl (C=O) groups is 1. The van der Waals surface area contributed by atoms with Gasteiger partial charge in [-0.05, 0) is 23.9 Å². The second-order valence-electron chi connectivity index (χ2n) is 2.91. The van der Waals surface area contributed by atoms with E-state index < -0.39 is 29.0 Å². The zero-order valence-electron chi connectivity index (χ0n) is 8.35. The summed E-state index contributed by atoms with van der Waals surface area (Å²) in [6, 6.07) is 2.52. The molecule has 0 saturated heterocycles. The molecule has 0 aliphatic carbocycles. The molecule has 0 N–H and O–H groups in total. The lowest BCUT2D eigenvalue weighted by molar-refractivity contribution is -0.131. The van der Waals surface area contributed by atoms with Crippen LogP contribution in [0, 0.1) is 0 Å². The predicted molar refractivity (Wildman–Crippen MR) is 65.6 cm³/mol. The number of hydrogen-bond acceptors (Lipinski definition) is 3. The molecule has 9 heteroatoms. The van der Waals surface area contributed by atoms with Crippen LogP contribution in [-0.4, -0.2) is 17.2 Å². The van der Waals surface area contributed by atoms with Crippen molar-refractivity contribution in [2.45, 2.75) is 5.51 Å². The zero-order valence-corrected chi connectivity index (χ0v) is 11.4. The van der Waals surface area contributed by atoms with Gasteiger partial charge in [0.1, 0.15) is 5.75 Å². The van der Waals surface area contributed by atoms with Crippen LogP contribution in [0.1, 0.15) is 0 Å². The molecule has 0 amide bonds. The molecule has 0 aliphatic rings. The summed E-state index contributed by atoms with van der Waals surface area (Å²) in [5.41, 5.74) is -4.51. The molecule has 0 aliphatic heterocycles. The molecular weight excluding hydrogens is 336 g/mol. The number of benzene rings is 1. The van der Waals surface area contributed by atoms with Crippen LogP contribution in [0.2, 0.25) is 15.1 Å². The van der Waals surface area contributed by atoms with E-state index in [4.69, 9.17) is 34.8 Å². The number of hydrogen-bond donors (Lipinski definition) is 0. The fraction of sp³-hybridized carbons (Fsp3) is 0.222. The molecule has 0 unspecified atom stereocenters. The summed E-state index contributed by atoms with van der Waals surface area (Å²) >= 11 is 16.5. The van der Waals surface area contributed by atoms with Crippen molar-refractivity contribution in [2.24, 2.45) is 0 Å². The summed E-state index contributed by atoms with van der Waals surface area (Å²) in [5, 5.41) is 0.102. The van der Waals surface area contributed by atoms with E-state index in [9.17, 15) is 18.0 Å². The Hall–Kier alpha value is -0.300. The average molecular weight is 340 g/mol. The van der Waals surface area contributed by atoms with Gasteiger partial charge in [0.2, 0.25) is 0 Å². The van der Waals surface area contributed by atoms with Crippen LogP contribution in [0.15, 0.2) is 12.1 Å². The van der Waals surface area contributed by atoms with Gasteiger partial charge in [0.25, 0.3) is 0 Å². The maximum Gasteiger partial charge on any atom is 0.442 e. The number of carbonyl (C=O) groups excluding carboxylic acids is 1. The van der Waals surface area contributed by atoms with Crippen LogP contribution < -0.4 is 4.74 Å². The van der Waals surface area contributed by atoms with E-state index in [0.717, 1.165) is 0 Å². The third-order valence-corrected chi connectivity index (χ3v) is 3.02. The van der Waals surface area contributed by atoms with E-state index in [2.05, 4.69) is 4.74 Å². The molecule has 100 valence electrons. The van der Waals surface area contributed by atoms with E-state index in [0.29, 0.717) is 0 Å². The number of halogens is 6. The summed E-state index contributed by atoms with van der Waals surface area (Å²) in [4.78, 5) is 11.2. The smallest absolute Gasteiger partial charge is 0.423 e. The highest BCUT2D eigenvalue weighted by Crippen LogP contribution is 2.36. The van der Waals surface area contributed by atoms with Gasteiger partial charge >= 0.3 is 11.5 Å². The van der Waals surface area contributed by atoms with Crippen LogP contribution in [0.5, 0.6) is 5.75 Å². The van der Waals surface area contributed by atoms with E-state index in [1.165, 1.54) is 12.1 Å². The minimum Gasteiger partial charge on any atom is -0.423 e. The van der Waals surface area contributed by atoms with Gasteiger partial charge in [-0.2, -0.15) is 13.2 Å². The highest BCUT2D eigenvalue weighted by Gasteiger charge is 2.30. The average Bonchev–Trinajstić information content (AvgIpc) is 2.19. The summed E-state index contributed by atoms with van der Waals surface area (Å²) in [6.07, 6.45) is 0. The minimum atomic E-state index is -4.51. The molecule has 0 aromatic heterocycles. The largest absolute Gasteiger partial charge is 0.442 e. The van der Waals surface area contributed by atoms with Gasteiger partial charge in [0.15, 0.2) is 5.75 Å². The summed E-state index contributed by atoms with van der Waals surface area (Å²) < 4.78 is 40.2. The molecule has 1 rings (SSSR count). The van der Waals surface area contributed by atoms with Crippen molar-refractivity contribution in [2.75, 3.05) is 5.75 Å². The molecule has 0 radical (unpaired) electrons. The SMILES string of the molecule is O=C(CSC(F)(F)F)Oc1c(Cl)cc(Cl)cc1Cl. The first-order valence-corrected chi connectivity index (χ1v) is 6.37. The molecule has 1 aromatic rings. The zero-order chi connectivity index (χ0) is 13.9. The van der Waals surface area contributed by atoms with Crippen LogP contribution in [0.3, 0.4) is 0 Å². The lowest BCUT2D eigenvalue weighted by Crippen LogP contribution is -2.15. The summed E-state index contributed by atoms with van der Waals surface area (Å²) in [7, 11) is 0. The monoisotopic (exact) mass is 338 g/mol. The van der Waals surface area contributed by atoms with Gasteiger partial charge in [-0.15, -0.1) is 0 Å². The Morgan fingerprint density at radius 2 is 1.72 bits per heavy atom. The molecule has 0 atom stereocenters. The van der Waals surface area contributed by atoms with E-state index >= 15 is 0 Å². The van der Waals surface area contributed by atoms with Crippen LogP contribution in [-0.2, 0) is 4.79 Å². The van der Waals surface area contributed by atoms with Crippen LogP contribution >= 0.6 is 46.6 Å². The Bertz CT molecular complexity index is 442. The van der Waals surface area contributed by atoms with Crippen molar-refractivity contribution in [1.82, 2.24) is 0 Å². The number of rotatable bonds is 3. The highest BCUT2D eigenvalue weighted by molar-refractivity contribution is 8.00. The fourth-order valence-electron chi connectivity index (χ4n) is 0.911. The van der Waals surface area contributed by atoms with Crippen molar-refractivity contribution < 1.29 is 22.7 Å². The van der Waals surface area contributed by atoms with Crippen LogP contribution in [0.4, 0.5) is 13.2 Å². The number of ether oxygens (including phenoxy) is 1. The summed E-state index contributed by atoms with van der Waals surface area (Å²) in [6.45, 7) is 0.